The first-order chi connectivity index (χ1) is 13.4. The van der Waals surface area contributed by atoms with E-state index in [1.165, 1.54) is 0 Å². The van der Waals surface area contributed by atoms with Crippen LogP contribution in [0.3, 0.4) is 0 Å². The third-order valence-corrected chi connectivity index (χ3v) is 6.10. The molecule has 1 aliphatic rings. The Kier molecular flexibility index (Phi) is 4.93. The Balaban J connectivity index is 1.35. The van der Waals surface area contributed by atoms with Gasteiger partial charge in [0.2, 0.25) is 0 Å². The predicted molar refractivity (Wildman–Crippen MR) is 109 cm³/mol. The molecule has 0 atom stereocenters. The van der Waals surface area contributed by atoms with Crippen molar-refractivity contribution in [2.75, 3.05) is 13.7 Å². The summed E-state index contributed by atoms with van der Waals surface area (Å²) in [4.78, 5) is 30.9. The Labute approximate surface area is 167 Å². The molecule has 1 fully saturated rings. The maximum Gasteiger partial charge on any atom is 0.340 e. The number of likely N-dealkylation sites (N-methyl/N-ethyl adjacent to an activating group) is 1. The van der Waals surface area contributed by atoms with Gasteiger partial charge < -0.3 is 14.2 Å². The van der Waals surface area contributed by atoms with Gasteiger partial charge in [0.25, 0.3) is 5.91 Å². The SMILES string of the molecule is Cc1cc(C(=O)OCC(=O)N(C)Cc2nc3ccccc3s2)c(C)n1C1CC1. The third kappa shape index (κ3) is 3.67. The van der Waals surface area contributed by atoms with Crippen LogP contribution in [0, 0.1) is 13.8 Å². The summed E-state index contributed by atoms with van der Waals surface area (Å²) >= 11 is 1.56. The fourth-order valence-corrected chi connectivity index (χ4v) is 4.49. The van der Waals surface area contributed by atoms with Crippen LogP contribution < -0.4 is 0 Å². The molecule has 1 amide bonds. The van der Waals surface area contributed by atoms with Gasteiger partial charge in [-0.2, -0.15) is 0 Å². The first-order valence-electron chi connectivity index (χ1n) is 9.38. The van der Waals surface area contributed by atoms with Crippen molar-refractivity contribution in [1.82, 2.24) is 14.5 Å². The van der Waals surface area contributed by atoms with Crippen LogP contribution in [0.15, 0.2) is 30.3 Å². The summed E-state index contributed by atoms with van der Waals surface area (Å²) in [6, 6.07) is 10.2. The molecule has 3 aromatic rings. The minimum Gasteiger partial charge on any atom is -0.452 e. The molecule has 0 bridgehead atoms. The second-order valence-corrected chi connectivity index (χ2v) is 8.40. The molecule has 1 saturated carbocycles. The van der Waals surface area contributed by atoms with E-state index in [1.54, 1.807) is 23.3 Å². The van der Waals surface area contributed by atoms with E-state index < -0.39 is 5.97 Å². The molecule has 0 spiro atoms. The van der Waals surface area contributed by atoms with E-state index in [4.69, 9.17) is 4.74 Å². The molecule has 0 unspecified atom stereocenters. The molecule has 1 aliphatic carbocycles. The van der Waals surface area contributed by atoms with Crippen LogP contribution >= 0.6 is 11.3 Å². The minimum atomic E-state index is -0.443. The van der Waals surface area contributed by atoms with Crippen molar-refractivity contribution in [2.45, 2.75) is 39.3 Å². The molecule has 146 valence electrons. The fraction of sp³-hybridized carbons (Fsp3) is 0.381. The average molecular weight is 398 g/mol. The standard InChI is InChI=1S/C21H23N3O3S/c1-13-10-16(14(2)24(13)15-8-9-15)21(26)27-12-20(25)23(3)11-19-22-17-6-4-5-7-18(17)28-19/h4-7,10,15H,8-9,11-12H2,1-3H3. The highest BCUT2D eigenvalue weighted by atomic mass is 32.1. The fourth-order valence-electron chi connectivity index (χ4n) is 3.47. The number of aryl methyl sites for hydroxylation is 1. The van der Waals surface area contributed by atoms with Crippen molar-refractivity contribution in [3.05, 3.63) is 52.3 Å². The number of benzene rings is 1. The molecule has 1 aromatic carbocycles. The number of carbonyl (C=O) groups excluding carboxylic acids is 2. The Hall–Kier alpha value is -2.67. The molecule has 0 saturated heterocycles. The summed E-state index contributed by atoms with van der Waals surface area (Å²) in [6.07, 6.45) is 2.31. The quantitative estimate of drug-likeness (QED) is 0.593. The molecule has 6 nitrogen and oxygen atoms in total. The van der Waals surface area contributed by atoms with Gasteiger partial charge in [0.1, 0.15) is 5.01 Å². The van der Waals surface area contributed by atoms with Crippen LogP contribution in [0.2, 0.25) is 0 Å². The normalized spacial score (nSPS) is 13.7. The summed E-state index contributed by atoms with van der Waals surface area (Å²) in [5.41, 5.74) is 3.46. The van der Waals surface area contributed by atoms with Gasteiger partial charge >= 0.3 is 5.97 Å². The highest BCUT2D eigenvalue weighted by Crippen LogP contribution is 2.38. The van der Waals surface area contributed by atoms with Crippen molar-refractivity contribution >= 4 is 33.4 Å². The van der Waals surface area contributed by atoms with Crippen LogP contribution in [0.25, 0.3) is 10.2 Å². The number of nitrogens with zero attached hydrogens (tertiary/aromatic N) is 3. The predicted octanol–water partition coefficient (Wildman–Crippen LogP) is 3.86. The summed E-state index contributed by atoms with van der Waals surface area (Å²) in [5, 5.41) is 0.858. The number of amides is 1. The number of aromatic nitrogens is 2. The lowest BCUT2D eigenvalue weighted by molar-refractivity contribution is -0.133. The molecule has 0 N–H and O–H groups in total. The molecule has 2 aromatic heterocycles. The molecule has 0 aliphatic heterocycles. The molecule has 4 rings (SSSR count). The smallest absolute Gasteiger partial charge is 0.340 e. The second-order valence-electron chi connectivity index (χ2n) is 7.29. The van der Waals surface area contributed by atoms with Gasteiger partial charge in [-0.3, -0.25) is 4.79 Å². The summed E-state index contributed by atoms with van der Waals surface area (Å²) in [6.45, 7) is 4.06. The second kappa shape index (κ2) is 7.39. The lowest BCUT2D eigenvalue weighted by Crippen LogP contribution is -2.30. The van der Waals surface area contributed by atoms with Gasteiger partial charge in [0.05, 0.1) is 22.3 Å². The van der Waals surface area contributed by atoms with Crippen LogP contribution in [0.5, 0.6) is 0 Å². The zero-order chi connectivity index (χ0) is 19.8. The highest BCUT2D eigenvalue weighted by molar-refractivity contribution is 7.18. The number of hydrogen-bond donors (Lipinski definition) is 0. The summed E-state index contributed by atoms with van der Waals surface area (Å²) in [7, 11) is 1.70. The number of carbonyl (C=O) groups is 2. The number of para-hydroxylation sites is 1. The lowest BCUT2D eigenvalue weighted by Gasteiger charge is -2.15. The first kappa shape index (κ1) is 18.7. The van der Waals surface area contributed by atoms with E-state index in [-0.39, 0.29) is 12.5 Å². The maximum absolute atomic E-state index is 12.5. The molecule has 28 heavy (non-hydrogen) atoms. The zero-order valence-corrected chi connectivity index (χ0v) is 17.1. The Morgan fingerprint density at radius 3 is 2.75 bits per heavy atom. The van der Waals surface area contributed by atoms with Crippen molar-refractivity contribution in [3.8, 4) is 0 Å². The Morgan fingerprint density at radius 1 is 1.29 bits per heavy atom. The number of fused-ring (bicyclic) bond motifs is 1. The molecular weight excluding hydrogens is 374 g/mol. The topological polar surface area (TPSA) is 64.4 Å². The van der Waals surface area contributed by atoms with E-state index >= 15 is 0 Å². The number of hydrogen-bond acceptors (Lipinski definition) is 5. The average Bonchev–Trinajstić information content (AvgIpc) is 3.34. The van der Waals surface area contributed by atoms with Crippen LogP contribution in [0.1, 0.15) is 45.6 Å². The Bertz CT molecular complexity index is 1020. The lowest BCUT2D eigenvalue weighted by atomic mass is 10.2. The van der Waals surface area contributed by atoms with Gasteiger partial charge in [-0.25, -0.2) is 9.78 Å². The van der Waals surface area contributed by atoms with E-state index in [1.807, 2.05) is 44.2 Å². The van der Waals surface area contributed by atoms with E-state index in [2.05, 4.69) is 9.55 Å². The van der Waals surface area contributed by atoms with Crippen molar-refractivity contribution in [1.29, 1.82) is 0 Å². The minimum absolute atomic E-state index is 0.247. The van der Waals surface area contributed by atoms with Gasteiger partial charge in [0.15, 0.2) is 6.61 Å². The Morgan fingerprint density at radius 2 is 2.04 bits per heavy atom. The van der Waals surface area contributed by atoms with Gasteiger partial charge in [0, 0.05) is 24.5 Å². The van der Waals surface area contributed by atoms with E-state index in [9.17, 15) is 9.59 Å². The van der Waals surface area contributed by atoms with E-state index in [0.717, 1.165) is 39.5 Å². The number of thiazole rings is 1. The molecular formula is C21H23N3O3S. The molecule has 0 radical (unpaired) electrons. The maximum atomic E-state index is 12.5. The summed E-state index contributed by atoms with van der Waals surface area (Å²) in [5.74, 6) is -0.689. The van der Waals surface area contributed by atoms with Crippen molar-refractivity contribution in [2.24, 2.45) is 0 Å². The molecule has 7 heteroatoms. The van der Waals surface area contributed by atoms with Crippen LogP contribution in [0.4, 0.5) is 0 Å². The van der Waals surface area contributed by atoms with Crippen molar-refractivity contribution < 1.29 is 14.3 Å². The number of rotatable bonds is 6. The van der Waals surface area contributed by atoms with Crippen molar-refractivity contribution in [3.63, 3.8) is 0 Å². The van der Waals surface area contributed by atoms with Gasteiger partial charge in [-0.05, 0) is 44.9 Å². The third-order valence-electron chi connectivity index (χ3n) is 5.08. The number of esters is 1. The van der Waals surface area contributed by atoms with E-state index in [0.29, 0.717) is 18.2 Å². The van der Waals surface area contributed by atoms with Crippen LogP contribution in [-0.4, -0.2) is 40.0 Å². The first-order valence-corrected chi connectivity index (χ1v) is 10.2. The summed E-state index contributed by atoms with van der Waals surface area (Å²) < 4.78 is 8.58. The van der Waals surface area contributed by atoms with Gasteiger partial charge in [-0.15, -0.1) is 11.3 Å². The largest absolute Gasteiger partial charge is 0.452 e. The van der Waals surface area contributed by atoms with Crippen LogP contribution in [-0.2, 0) is 16.1 Å². The highest BCUT2D eigenvalue weighted by Gasteiger charge is 2.29. The number of ether oxygens (including phenoxy) is 1. The van der Waals surface area contributed by atoms with Gasteiger partial charge in [-0.1, -0.05) is 12.1 Å². The molecule has 2 heterocycles. The zero-order valence-electron chi connectivity index (χ0n) is 16.3. The monoisotopic (exact) mass is 397 g/mol.